The van der Waals surface area contributed by atoms with Crippen molar-refractivity contribution in [1.29, 1.82) is 0 Å². The topological polar surface area (TPSA) is 127 Å². The highest BCUT2D eigenvalue weighted by molar-refractivity contribution is 7.90. The van der Waals surface area contributed by atoms with Crippen molar-refractivity contribution in [2.75, 3.05) is 0 Å². The van der Waals surface area contributed by atoms with Crippen LogP contribution in [-0.4, -0.2) is 31.4 Å². The van der Waals surface area contributed by atoms with Crippen molar-refractivity contribution in [3.63, 3.8) is 0 Å². The van der Waals surface area contributed by atoms with Gasteiger partial charge < -0.3 is 10.8 Å². The van der Waals surface area contributed by atoms with Gasteiger partial charge in [-0.2, -0.15) is 0 Å². The first-order valence-electron chi connectivity index (χ1n) is 5.81. The minimum absolute atomic E-state index is 0.0208. The lowest BCUT2D eigenvalue weighted by Gasteiger charge is -2.07. The van der Waals surface area contributed by atoms with E-state index in [-0.39, 0.29) is 16.4 Å². The van der Waals surface area contributed by atoms with Gasteiger partial charge in [0.25, 0.3) is 15.9 Å². The summed E-state index contributed by atoms with van der Waals surface area (Å²) in [4.78, 5) is 21.1. The maximum Gasteiger partial charge on any atom is 0.320 e. The van der Waals surface area contributed by atoms with E-state index in [1.54, 1.807) is 26.0 Å². The molecule has 0 aliphatic carbocycles. The Balaban J connectivity index is 0.000000221. The average Bonchev–Trinajstić information content (AvgIpc) is 2.60. The molecule has 1 aromatic carbocycles. The van der Waals surface area contributed by atoms with E-state index in [1.807, 2.05) is 4.72 Å². The molecule has 0 saturated heterocycles. The highest BCUT2D eigenvalue weighted by atomic mass is 32.2. The summed E-state index contributed by atoms with van der Waals surface area (Å²) < 4.78 is 24.2. The lowest BCUT2D eigenvalue weighted by molar-refractivity contribution is -0.139. The Morgan fingerprint density at radius 2 is 1.85 bits per heavy atom. The summed E-state index contributed by atoms with van der Waals surface area (Å²) in [6.45, 7) is 3.55. The Bertz CT molecular complexity index is 624. The molecule has 0 aromatic heterocycles. The second-order valence-corrected chi connectivity index (χ2v) is 6.19. The average molecular weight is 300 g/mol. The summed E-state index contributed by atoms with van der Waals surface area (Å²) in [7, 11) is -3.55. The number of hydrogen-bond acceptors (Lipinski definition) is 5. The van der Waals surface area contributed by atoms with E-state index in [2.05, 4.69) is 0 Å². The highest BCUT2D eigenvalue weighted by Crippen LogP contribution is 2.20. The number of rotatable bonds is 2. The van der Waals surface area contributed by atoms with Crippen LogP contribution in [0.2, 0.25) is 0 Å². The van der Waals surface area contributed by atoms with Crippen LogP contribution in [0.25, 0.3) is 0 Å². The smallest absolute Gasteiger partial charge is 0.320 e. The Morgan fingerprint density at radius 1 is 1.30 bits per heavy atom. The number of carboxylic acid groups (broad SMARTS) is 1. The van der Waals surface area contributed by atoms with Crippen LogP contribution in [0.3, 0.4) is 0 Å². The third-order valence-corrected chi connectivity index (χ3v) is 4.04. The van der Waals surface area contributed by atoms with Crippen molar-refractivity contribution in [2.45, 2.75) is 24.8 Å². The van der Waals surface area contributed by atoms with E-state index in [1.165, 1.54) is 12.1 Å². The molecule has 0 saturated carbocycles. The quantitative estimate of drug-likeness (QED) is 0.714. The lowest BCUT2D eigenvalue weighted by Crippen LogP contribution is -2.34. The molecule has 1 amide bonds. The van der Waals surface area contributed by atoms with Crippen LogP contribution < -0.4 is 10.5 Å². The molecular weight excluding hydrogens is 284 g/mol. The Hall–Kier alpha value is -1.93. The number of amides is 1. The van der Waals surface area contributed by atoms with Crippen molar-refractivity contribution in [2.24, 2.45) is 11.7 Å². The molecule has 1 aliphatic heterocycles. The Morgan fingerprint density at radius 3 is 2.25 bits per heavy atom. The van der Waals surface area contributed by atoms with Crippen LogP contribution in [0.15, 0.2) is 29.2 Å². The molecule has 8 heteroatoms. The van der Waals surface area contributed by atoms with Gasteiger partial charge in [-0.05, 0) is 18.1 Å². The van der Waals surface area contributed by atoms with Crippen molar-refractivity contribution in [3.05, 3.63) is 29.8 Å². The first kappa shape index (κ1) is 16.1. The number of benzene rings is 1. The SMILES string of the molecule is CC(C)[C@H](N)C(=O)O.O=C1NS(=O)(=O)c2ccccc21. The molecule has 1 atom stereocenters. The Labute approximate surface area is 116 Å². The van der Waals surface area contributed by atoms with Crippen molar-refractivity contribution in [1.82, 2.24) is 4.72 Å². The van der Waals surface area contributed by atoms with Gasteiger partial charge in [0, 0.05) is 0 Å². The number of carboxylic acids is 1. The van der Waals surface area contributed by atoms with Gasteiger partial charge in [0.05, 0.1) is 5.56 Å². The molecule has 1 heterocycles. The summed E-state index contributed by atoms with van der Waals surface area (Å²) in [5.74, 6) is -1.46. The van der Waals surface area contributed by atoms with E-state index in [0.29, 0.717) is 0 Å². The van der Waals surface area contributed by atoms with Gasteiger partial charge in [0.2, 0.25) is 0 Å². The van der Waals surface area contributed by atoms with Gasteiger partial charge in [-0.3, -0.25) is 9.59 Å². The second-order valence-electron chi connectivity index (χ2n) is 4.54. The van der Waals surface area contributed by atoms with Crippen LogP contribution in [0.4, 0.5) is 0 Å². The molecule has 1 aromatic rings. The number of fused-ring (bicyclic) bond motifs is 1. The van der Waals surface area contributed by atoms with Crippen molar-refractivity contribution in [3.8, 4) is 0 Å². The number of carbonyl (C=O) groups is 2. The maximum atomic E-state index is 11.1. The normalized spacial score (nSPS) is 16.7. The van der Waals surface area contributed by atoms with Gasteiger partial charge >= 0.3 is 5.97 Å². The number of sulfonamides is 1. The third-order valence-electron chi connectivity index (χ3n) is 2.65. The van der Waals surface area contributed by atoms with Crippen LogP contribution >= 0.6 is 0 Å². The predicted molar refractivity (Wildman–Crippen MR) is 71.5 cm³/mol. The molecule has 2 rings (SSSR count). The van der Waals surface area contributed by atoms with E-state index in [0.717, 1.165) is 0 Å². The zero-order valence-corrected chi connectivity index (χ0v) is 11.8. The summed E-state index contributed by atoms with van der Waals surface area (Å²) in [6.07, 6.45) is 0. The molecule has 7 nitrogen and oxygen atoms in total. The minimum Gasteiger partial charge on any atom is -0.480 e. The van der Waals surface area contributed by atoms with E-state index >= 15 is 0 Å². The monoisotopic (exact) mass is 300 g/mol. The fourth-order valence-electron chi connectivity index (χ4n) is 1.41. The second kappa shape index (κ2) is 6.02. The molecule has 20 heavy (non-hydrogen) atoms. The van der Waals surface area contributed by atoms with Gasteiger partial charge in [0.15, 0.2) is 0 Å². The molecule has 0 fully saturated rings. The van der Waals surface area contributed by atoms with Gasteiger partial charge in [-0.15, -0.1) is 0 Å². The number of carbonyl (C=O) groups excluding carboxylic acids is 1. The first-order valence-corrected chi connectivity index (χ1v) is 7.29. The summed E-state index contributed by atoms with van der Waals surface area (Å²) in [5, 5.41) is 8.23. The van der Waals surface area contributed by atoms with Gasteiger partial charge in [0.1, 0.15) is 10.9 Å². The summed E-state index contributed by atoms with van der Waals surface area (Å²) in [6, 6.07) is 5.38. The van der Waals surface area contributed by atoms with E-state index in [9.17, 15) is 18.0 Å². The van der Waals surface area contributed by atoms with Crippen LogP contribution in [-0.2, 0) is 14.8 Å². The van der Waals surface area contributed by atoms with E-state index < -0.39 is 27.9 Å². The van der Waals surface area contributed by atoms with Gasteiger partial charge in [-0.1, -0.05) is 26.0 Å². The van der Waals surface area contributed by atoms with Crippen LogP contribution in [0.1, 0.15) is 24.2 Å². The molecule has 0 unspecified atom stereocenters. The lowest BCUT2D eigenvalue weighted by atomic mass is 10.1. The third kappa shape index (κ3) is 3.55. The highest BCUT2D eigenvalue weighted by Gasteiger charge is 2.31. The van der Waals surface area contributed by atoms with E-state index in [4.69, 9.17) is 10.8 Å². The number of nitrogens with two attached hydrogens (primary N) is 1. The minimum atomic E-state index is -3.55. The summed E-state index contributed by atoms with van der Waals surface area (Å²) >= 11 is 0. The molecular formula is C12H16N2O5S. The number of nitrogens with one attached hydrogen (secondary N) is 1. The molecule has 0 bridgehead atoms. The largest absolute Gasteiger partial charge is 0.480 e. The first-order chi connectivity index (χ1) is 9.16. The molecule has 0 spiro atoms. The summed E-state index contributed by atoms with van der Waals surface area (Å²) in [5.41, 5.74) is 5.38. The Kier molecular flexibility index (Phi) is 4.85. The molecule has 110 valence electrons. The van der Waals surface area contributed by atoms with Crippen molar-refractivity contribution >= 4 is 21.9 Å². The van der Waals surface area contributed by atoms with Gasteiger partial charge in [-0.25, -0.2) is 13.1 Å². The predicted octanol–water partition coefficient (Wildman–Crippen LogP) is 0.173. The number of aliphatic carboxylic acids is 1. The standard InChI is InChI=1S/C7H5NO3S.C5H11NO2/c9-7-5-3-1-2-4-6(5)12(10,11)8-7;1-3(2)4(6)5(7)8/h1-4H,(H,8,9);3-4H,6H2,1-2H3,(H,7,8)/t;4-/m.0/s1. The zero-order chi connectivity index (χ0) is 15.5. The van der Waals surface area contributed by atoms with Crippen LogP contribution in [0, 0.1) is 5.92 Å². The molecule has 1 aliphatic rings. The maximum absolute atomic E-state index is 11.1. The fourth-order valence-corrected chi connectivity index (χ4v) is 2.58. The van der Waals surface area contributed by atoms with Crippen LogP contribution in [0.5, 0.6) is 0 Å². The fraction of sp³-hybridized carbons (Fsp3) is 0.333. The van der Waals surface area contributed by atoms with Crippen molar-refractivity contribution < 1.29 is 23.1 Å². The molecule has 0 radical (unpaired) electrons. The zero-order valence-electron chi connectivity index (χ0n) is 11.0. The number of hydrogen-bond donors (Lipinski definition) is 3. The molecule has 4 N–H and O–H groups in total.